The summed E-state index contributed by atoms with van der Waals surface area (Å²) >= 11 is 0. The number of likely N-dealkylation sites (tertiary alicyclic amines) is 1. The van der Waals surface area contributed by atoms with Crippen molar-refractivity contribution < 1.29 is 9.90 Å². The molecule has 4 unspecified atom stereocenters. The van der Waals surface area contributed by atoms with Crippen molar-refractivity contribution in [3.63, 3.8) is 0 Å². The van der Waals surface area contributed by atoms with Crippen LogP contribution in [0.25, 0.3) is 0 Å². The maximum absolute atomic E-state index is 12.6. The van der Waals surface area contributed by atoms with Gasteiger partial charge in [-0.05, 0) is 43.9 Å². The number of carbonyl (C=O) groups is 1. The highest BCUT2D eigenvalue weighted by atomic mass is 16.3. The van der Waals surface area contributed by atoms with Gasteiger partial charge in [0.15, 0.2) is 0 Å². The standard InChI is InChI=1S/C15H28N2O2/c1-11(13-5-2-6-14(16)8-13)15(19)17-7-3-4-12(9-17)10-18/h11-14,18H,2-10,16H2,1H3. The Morgan fingerprint density at radius 2 is 2.16 bits per heavy atom. The topological polar surface area (TPSA) is 66.6 Å². The zero-order chi connectivity index (χ0) is 13.8. The highest BCUT2D eigenvalue weighted by Crippen LogP contribution is 2.31. The number of nitrogens with two attached hydrogens (primary N) is 1. The number of aliphatic hydroxyl groups excluding tert-OH is 1. The van der Waals surface area contributed by atoms with E-state index in [9.17, 15) is 9.90 Å². The van der Waals surface area contributed by atoms with Gasteiger partial charge in [0.1, 0.15) is 0 Å². The van der Waals surface area contributed by atoms with Crippen LogP contribution in [0.5, 0.6) is 0 Å². The van der Waals surface area contributed by atoms with Crippen LogP contribution in [0.2, 0.25) is 0 Å². The normalized spacial score (nSPS) is 34.1. The van der Waals surface area contributed by atoms with Crippen molar-refractivity contribution in [3.05, 3.63) is 0 Å². The largest absolute Gasteiger partial charge is 0.396 e. The van der Waals surface area contributed by atoms with Gasteiger partial charge in [0.25, 0.3) is 0 Å². The summed E-state index contributed by atoms with van der Waals surface area (Å²) in [5.74, 6) is 1.09. The molecule has 1 aliphatic carbocycles. The van der Waals surface area contributed by atoms with E-state index < -0.39 is 0 Å². The average Bonchev–Trinajstić information content (AvgIpc) is 2.45. The predicted molar refractivity (Wildman–Crippen MR) is 75.5 cm³/mol. The SMILES string of the molecule is CC(C(=O)N1CCCC(CO)C1)C1CCCC(N)C1. The molecule has 19 heavy (non-hydrogen) atoms. The summed E-state index contributed by atoms with van der Waals surface area (Å²) < 4.78 is 0. The first kappa shape index (κ1) is 14.8. The summed E-state index contributed by atoms with van der Waals surface area (Å²) in [6, 6.07) is 0.278. The molecule has 0 spiro atoms. The smallest absolute Gasteiger partial charge is 0.225 e. The van der Waals surface area contributed by atoms with Crippen molar-refractivity contribution in [1.82, 2.24) is 4.90 Å². The Kier molecular flexibility index (Phi) is 5.22. The van der Waals surface area contributed by atoms with Crippen molar-refractivity contribution in [2.45, 2.75) is 51.5 Å². The van der Waals surface area contributed by atoms with Crippen LogP contribution >= 0.6 is 0 Å². The Hall–Kier alpha value is -0.610. The number of amides is 1. The molecule has 1 heterocycles. The molecule has 0 aromatic carbocycles. The Morgan fingerprint density at radius 1 is 1.37 bits per heavy atom. The first-order valence-corrected chi connectivity index (χ1v) is 7.77. The van der Waals surface area contributed by atoms with Crippen LogP contribution in [0.4, 0.5) is 0 Å². The van der Waals surface area contributed by atoms with E-state index in [1.54, 1.807) is 0 Å². The zero-order valence-electron chi connectivity index (χ0n) is 12.1. The molecule has 110 valence electrons. The van der Waals surface area contributed by atoms with E-state index >= 15 is 0 Å². The van der Waals surface area contributed by atoms with E-state index in [0.717, 1.165) is 51.6 Å². The second kappa shape index (κ2) is 6.71. The van der Waals surface area contributed by atoms with Crippen LogP contribution in [-0.4, -0.2) is 41.7 Å². The molecule has 0 bridgehead atoms. The average molecular weight is 268 g/mol. The maximum atomic E-state index is 12.6. The van der Waals surface area contributed by atoms with Crippen LogP contribution in [-0.2, 0) is 4.79 Å². The molecule has 4 nitrogen and oxygen atoms in total. The van der Waals surface area contributed by atoms with E-state index in [-0.39, 0.29) is 30.4 Å². The van der Waals surface area contributed by atoms with Crippen LogP contribution in [0.3, 0.4) is 0 Å². The van der Waals surface area contributed by atoms with Gasteiger partial charge in [0, 0.05) is 31.7 Å². The van der Waals surface area contributed by atoms with Gasteiger partial charge in [-0.2, -0.15) is 0 Å². The highest BCUT2D eigenvalue weighted by molar-refractivity contribution is 5.79. The highest BCUT2D eigenvalue weighted by Gasteiger charge is 2.32. The summed E-state index contributed by atoms with van der Waals surface area (Å²) in [5, 5.41) is 9.26. The van der Waals surface area contributed by atoms with Gasteiger partial charge in [0.2, 0.25) is 5.91 Å². The number of aliphatic hydroxyl groups is 1. The van der Waals surface area contributed by atoms with Gasteiger partial charge < -0.3 is 15.7 Å². The van der Waals surface area contributed by atoms with E-state index in [1.165, 1.54) is 0 Å². The third-order valence-corrected chi connectivity index (χ3v) is 4.94. The van der Waals surface area contributed by atoms with Gasteiger partial charge in [0.05, 0.1) is 0 Å². The van der Waals surface area contributed by atoms with Crippen LogP contribution in [0.1, 0.15) is 45.4 Å². The van der Waals surface area contributed by atoms with Gasteiger partial charge >= 0.3 is 0 Å². The molecule has 1 saturated carbocycles. The maximum Gasteiger partial charge on any atom is 0.225 e. The summed E-state index contributed by atoms with van der Waals surface area (Å²) in [6.07, 6.45) is 6.45. The molecule has 0 aromatic heterocycles. The fraction of sp³-hybridized carbons (Fsp3) is 0.933. The minimum absolute atomic E-state index is 0.0868. The lowest BCUT2D eigenvalue weighted by Crippen LogP contribution is -2.45. The second-order valence-corrected chi connectivity index (χ2v) is 6.45. The monoisotopic (exact) mass is 268 g/mol. The molecular weight excluding hydrogens is 240 g/mol. The predicted octanol–water partition coefficient (Wildman–Crippen LogP) is 1.37. The first-order valence-electron chi connectivity index (χ1n) is 7.77. The second-order valence-electron chi connectivity index (χ2n) is 6.45. The van der Waals surface area contributed by atoms with E-state index in [2.05, 4.69) is 6.92 Å². The number of hydrogen-bond acceptors (Lipinski definition) is 3. The zero-order valence-corrected chi connectivity index (χ0v) is 12.1. The van der Waals surface area contributed by atoms with Crippen molar-refractivity contribution in [1.29, 1.82) is 0 Å². The molecule has 1 aliphatic heterocycles. The number of piperidine rings is 1. The van der Waals surface area contributed by atoms with Crippen molar-refractivity contribution in [3.8, 4) is 0 Å². The third kappa shape index (κ3) is 3.69. The summed E-state index contributed by atoms with van der Waals surface area (Å²) in [7, 11) is 0. The molecule has 0 aromatic rings. The van der Waals surface area contributed by atoms with Crippen LogP contribution in [0.15, 0.2) is 0 Å². The lowest BCUT2D eigenvalue weighted by Gasteiger charge is -2.37. The van der Waals surface area contributed by atoms with Gasteiger partial charge in [-0.3, -0.25) is 4.79 Å². The van der Waals surface area contributed by atoms with E-state index in [0.29, 0.717) is 5.92 Å². The summed E-state index contributed by atoms with van der Waals surface area (Å²) in [6.45, 7) is 3.86. The Labute approximate surface area is 116 Å². The molecule has 1 amide bonds. The summed E-state index contributed by atoms with van der Waals surface area (Å²) in [4.78, 5) is 14.5. The van der Waals surface area contributed by atoms with E-state index in [1.807, 2.05) is 4.90 Å². The van der Waals surface area contributed by atoms with Gasteiger partial charge in [-0.15, -0.1) is 0 Å². The number of rotatable bonds is 3. The number of hydrogen-bond donors (Lipinski definition) is 2. The Balaban J connectivity index is 1.90. The minimum atomic E-state index is 0.0868. The Morgan fingerprint density at radius 3 is 2.84 bits per heavy atom. The molecule has 4 atom stereocenters. The molecular formula is C15H28N2O2. The van der Waals surface area contributed by atoms with Crippen molar-refractivity contribution in [2.75, 3.05) is 19.7 Å². The molecule has 1 saturated heterocycles. The lowest BCUT2D eigenvalue weighted by atomic mass is 9.78. The summed E-state index contributed by atoms with van der Waals surface area (Å²) in [5.41, 5.74) is 6.03. The van der Waals surface area contributed by atoms with Crippen LogP contribution < -0.4 is 5.73 Å². The van der Waals surface area contributed by atoms with Crippen molar-refractivity contribution >= 4 is 5.91 Å². The molecule has 3 N–H and O–H groups in total. The van der Waals surface area contributed by atoms with Gasteiger partial charge in [-0.1, -0.05) is 13.3 Å². The molecule has 4 heteroatoms. The molecule has 2 rings (SSSR count). The number of carbonyl (C=O) groups excluding carboxylic acids is 1. The minimum Gasteiger partial charge on any atom is -0.396 e. The van der Waals surface area contributed by atoms with Gasteiger partial charge in [-0.25, -0.2) is 0 Å². The lowest BCUT2D eigenvalue weighted by molar-refractivity contribution is -0.139. The van der Waals surface area contributed by atoms with Crippen LogP contribution in [0, 0.1) is 17.8 Å². The fourth-order valence-electron chi connectivity index (χ4n) is 3.62. The fourth-order valence-corrected chi connectivity index (χ4v) is 3.62. The number of nitrogens with zero attached hydrogens (tertiary/aromatic N) is 1. The third-order valence-electron chi connectivity index (χ3n) is 4.94. The van der Waals surface area contributed by atoms with Crippen molar-refractivity contribution in [2.24, 2.45) is 23.5 Å². The molecule has 2 aliphatic rings. The molecule has 0 radical (unpaired) electrons. The Bertz CT molecular complexity index is 309. The first-order chi connectivity index (χ1) is 9.11. The van der Waals surface area contributed by atoms with E-state index in [4.69, 9.17) is 5.73 Å². The quantitative estimate of drug-likeness (QED) is 0.812. The molecule has 2 fully saturated rings.